The molecule has 1 fully saturated rings. The monoisotopic (exact) mass is 437 g/mol. The van der Waals surface area contributed by atoms with E-state index in [2.05, 4.69) is 31.0 Å². The van der Waals surface area contributed by atoms with Gasteiger partial charge in [0, 0.05) is 5.56 Å². The van der Waals surface area contributed by atoms with E-state index < -0.39 is 33.2 Å². The lowest BCUT2D eigenvalue weighted by molar-refractivity contribution is -0.0368. The summed E-state index contributed by atoms with van der Waals surface area (Å²) >= 11 is 0. The van der Waals surface area contributed by atoms with Gasteiger partial charge in [0.2, 0.25) is 0 Å². The molecule has 0 radical (unpaired) electrons. The van der Waals surface area contributed by atoms with Gasteiger partial charge < -0.3 is 18.9 Å². The van der Waals surface area contributed by atoms with Crippen molar-refractivity contribution in [3.63, 3.8) is 0 Å². The van der Waals surface area contributed by atoms with Crippen LogP contribution in [-0.4, -0.2) is 29.5 Å². The van der Waals surface area contributed by atoms with Crippen molar-refractivity contribution in [3.05, 3.63) is 28.8 Å². The van der Waals surface area contributed by atoms with Crippen LogP contribution < -0.4 is 4.18 Å². The Morgan fingerprint density at radius 3 is 2.53 bits per heavy atom. The minimum Gasteiger partial charge on any atom is -0.716 e. The molecular formula is C22H29O7S-. The number of allylic oxidation sites excluding steroid dienone is 2. The predicted octanol–water partition coefficient (Wildman–Crippen LogP) is 4.09. The van der Waals surface area contributed by atoms with Crippen molar-refractivity contribution in [2.45, 2.75) is 59.8 Å². The van der Waals surface area contributed by atoms with Crippen LogP contribution in [0.5, 0.6) is 17.2 Å². The minimum atomic E-state index is -5.19. The van der Waals surface area contributed by atoms with Crippen LogP contribution in [0.25, 0.3) is 0 Å². The second kappa shape index (κ2) is 7.57. The third kappa shape index (κ3) is 3.95. The average molecular weight is 438 g/mol. The molecule has 1 aromatic rings. The Kier molecular flexibility index (Phi) is 5.71. The van der Waals surface area contributed by atoms with Crippen LogP contribution in [0.3, 0.4) is 0 Å². The normalized spacial score (nSPS) is 28.4. The van der Waals surface area contributed by atoms with Gasteiger partial charge >= 0.3 is 0 Å². The molecule has 0 bridgehead atoms. The Bertz CT molecular complexity index is 993. The number of benzene rings is 1. The molecule has 0 aromatic heterocycles. The van der Waals surface area contributed by atoms with Crippen LogP contribution in [-0.2, 0) is 16.8 Å². The highest BCUT2D eigenvalue weighted by Crippen LogP contribution is 2.60. The highest BCUT2D eigenvalue weighted by atomic mass is 32.3. The summed E-state index contributed by atoms with van der Waals surface area (Å²) in [6.07, 6.45) is 6.81. The van der Waals surface area contributed by atoms with Crippen molar-refractivity contribution in [3.8, 4) is 17.2 Å². The number of rotatable bonds is 5. The number of hydrogen-bond donors (Lipinski definition) is 2. The first-order chi connectivity index (χ1) is 13.8. The number of fused-ring (bicyclic) bond motifs is 1. The fraction of sp³-hybridized carbons (Fsp3) is 0.591. The van der Waals surface area contributed by atoms with Gasteiger partial charge in [-0.2, -0.15) is 0 Å². The lowest BCUT2D eigenvalue weighted by atomic mass is 9.48. The number of carbonyl (C=O) groups excluding carboxylic acids is 1. The number of phenolic OH excluding ortho intramolecular Hbond substituents is 2. The van der Waals surface area contributed by atoms with E-state index in [-0.39, 0.29) is 35.0 Å². The van der Waals surface area contributed by atoms with Gasteiger partial charge in [-0.05, 0) is 61.3 Å². The SMILES string of the molecule is CC1=CC[C@H]2C(C)(C)CCC[C@]2(C)[C@H]1Cc1cc(O)c(O)c(C=O)c1OS(=O)(=O)[O-]. The van der Waals surface area contributed by atoms with Crippen LogP contribution in [0.1, 0.15) is 69.3 Å². The maximum absolute atomic E-state index is 11.5. The molecule has 2 aliphatic carbocycles. The summed E-state index contributed by atoms with van der Waals surface area (Å²) in [5.41, 5.74) is 0.860. The van der Waals surface area contributed by atoms with Crippen molar-refractivity contribution >= 4 is 16.7 Å². The van der Waals surface area contributed by atoms with Gasteiger partial charge in [0.1, 0.15) is 5.56 Å². The number of carbonyl (C=O) groups is 1. The fourth-order valence-corrected chi connectivity index (χ4v) is 6.33. The van der Waals surface area contributed by atoms with Gasteiger partial charge in [-0.25, -0.2) is 8.42 Å². The second-order valence-corrected chi connectivity index (χ2v) is 10.6. The van der Waals surface area contributed by atoms with Crippen molar-refractivity contribution in [2.24, 2.45) is 22.7 Å². The zero-order valence-electron chi connectivity index (χ0n) is 17.8. The molecule has 0 heterocycles. The molecule has 3 rings (SSSR count). The Balaban J connectivity index is 2.13. The molecule has 0 spiro atoms. The molecule has 0 unspecified atom stereocenters. The van der Waals surface area contributed by atoms with Gasteiger partial charge in [-0.3, -0.25) is 4.79 Å². The maximum Gasteiger partial charge on any atom is 0.262 e. The van der Waals surface area contributed by atoms with Crippen LogP contribution in [0.4, 0.5) is 0 Å². The zero-order valence-corrected chi connectivity index (χ0v) is 18.6. The smallest absolute Gasteiger partial charge is 0.262 e. The number of aldehydes is 1. The first kappa shape index (κ1) is 22.6. The largest absolute Gasteiger partial charge is 0.716 e. The summed E-state index contributed by atoms with van der Waals surface area (Å²) in [4.78, 5) is 11.5. The maximum atomic E-state index is 11.5. The summed E-state index contributed by atoms with van der Waals surface area (Å²) in [5, 5.41) is 20.1. The third-order valence-corrected chi connectivity index (χ3v) is 7.74. The number of hydrogen-bond acceptors (Lipinski definition) is 7. The standard InChI is InChI=1S/C22H30O7S/c1-13-6-7-18-21(2,3)8-5-9-22(18,4)16(13)10-14-11-17(24)19(25)15(12-23)20(14)29-30(26,27)28/h6,11-12,16,18,24-25H,5,7-10H2,1-4H3,(H,26,27,28)/p-1/t16-,18-,22+/m0/s1. The van der Waals surface area contributed by atoms with E-state index in [9.17, 15) is 28.0 Å². The molecule has 2 aliphatic rings. The topological polar surface area (TPSA) is 124 Å². The molecule has 8 heteroatoms. The Morgan fingerprint density at radius 1 is 1.27 bits per heavy atom. The minimum absolute atomic E-state index is 0.00373. The van der Waals surface area contributed by atoms with Crippen molar-refractivity contribution in [2.75, 3.05) is 0 Å². The first-order valence-electron chi connectivity index (χ1n) is 10.1. The quantitative estimate of drug-likeness (QED) is 0.234. The van der Waals surface area contributed by atoms with E-state index in [1.165, 1.54) is 6.07 Å². The van der Waals surface area contributed by atoms with Crippen molar-refractivity contribution in [1.29, 1.82) is 0 Å². The molecule has 3 atom stereocenters. The van der Waals surface area contributed by atoms with E-state index in [1.54, 1.807) is 0 Å². The third-order valence-electron chi connectivity index (χ3n) is 7.37. The van der Waals surface area contributed by atoms with Crippen LogP contribution in [0, 0.1) is 22.7 Å². The van der Waals surface area contributed by atoms with Gasteiger partial charge in [0.25, 0.3) is 10.4 Å². The highest BCUT2D eigenvalue weighted by Gasteiger charge is 2.51. The lowest BCUT2D eigenvalue weighted by Crippen LogP contribution is -2.49. The molecule has 2 N–H and O–H groups in total. The van der Waals surface area contributed by atoms with Crippen LogP contribution in [0.15, 0.2) is 17.7 Å². The van der Waals surface area contributed by atoms with E-state index >= 15 is 0 Å². The summed E-state index contributed by atoms with van der Waals surface area (Å²) in [6.45, 7) is 8.82. The van der Waals surface area contributed by atoms with Gasteiger partial charge in [0.05, 0.1) is 0 Å². The lowest BCUT2D eigenvalue weighted by Gasteiger charge is -2.57. The molecule has 166 valence electrons. The van der Waals surface area contributed by atoms with Gasteiger partial charge in [-0.1, -0.05) is 38.8 Å². The summed E-state index contributed by atoms with van der Waals surface area (Å²) in [5.74, 6) is -1.48. The number of phenols is 2. The van der Waals surface area contributed by atoms with E-state index in [0.717, 1.165) is 31.3 Å². The zero-order chi connectivity index (χ0) is 22.5. The van der Waals surface area contributed by atoms with Crippen molar-refractivity contribution in [1.82, 2.24) is 0 Å². The van der Waals surface area contributed by atoms with Crippen LogP contribution in [0.2, 0.25) is 0 Å². The average Bonchev–Trinajstić information content (AvgIpc) is 2.60. The first-order valence-corrected chi connectivity index (χ1v) is 11.5. The Morgan fingerprint density at radius 2 is 1.93 bits per heavy atom. The second-order valence-electron chi connectivity index (χ2n) is 9.60. The Labute approximate surface area is 177 Å². The highest BCUT2D eigenvalue weighted by molar-refractivity contribution is 7.81. The molecule has 7 nitrogen and oxygen atoms in total. The van der Waals surface area contributed by atoms with E-state index in [1.807, 2.05) is 6.92 Å². The molecule has 0 aliphatic heterocycles. The molecular weight excluding hydrogens is 408 g/mol. The molecule has 1 aromatic carbocycles. The predicted molar refractivity (Wildman–Crippen MR) is 110 cm³/mol. The summed E-state index contributed by atoms with van der Waals surface area (Å²) in [6, 6.07) is 1.18. The molecule has 0 amide bonds. The molecule has 0 saturated heterocycles. The van der Waals surface area contributed by atoms with E-state index in [4.69, 9.17) is 0 Å². The molecule has 30 heavy (non-hydrogen) atoms. The van der Waals surface area contributed by atoms with Crippen molar-refractivity contribution < 1.29 is 32.2 Å². The molecule has 1 saturated carbocycles. The number of aromatic hydroxyl groups is 2. The van der Waals surface area contributed by atoms with Gasteiger partial charge in [-0.15, -0.1) is 0 Å². The Hall–Kier alpha value is -2.06. The fourth-order valence-electron chi connectivity index (χ4n) is 5.93. The van der Waals surface area contributed by atoms with Crippen LogP contribution >= 0.6 is 0 Å². The summed E-state index contributed by atoms with van der Waals surface area (Å²) in [7, 11) is -5.19. The van der Waals surface area contributed by atoms with E-state index in [0.29, 0.717) is 5.92 Å². The van der Waals surface area contributed by atoms with Gasteiger partial charge in [0.15, 0.2) is 23.5 Å². The summed E-state index contributed by atoms with van der Waals surface area (Å²) < 4.78 is 38.5.